The summed E-state index contributed by atoms with van der Waals surface area (Å²) in [6.07, 6.45) is 0. The molecule has 1 amide bonds. The first kappa shape index (κ1) is 17.2. The van der Waals surface area contributed by atoms with Crippen LogP contribution in [-0.2, 0) is 14.6 Å². The van der Waals surface area contributed by atoms with Crippen LogP contribution in [-0.4, -0.2) is 20.1 Å². The number of hydrogen-bond donors (Lipinski definition) is 1. The molecule has 2 aromatic carbocycles. The van der Waals surface area contributed by atoms with E-state index in [2.05, 4.69) is 19.2 Å². The van der Waals surface area contributed by atoms with Crippen molar-refractivity contribution >= 4 is 21.4 Å². The second-order valence-corrected chi connectivity index (χ2v) is 7.89. The van der Waals surface area contributed by atoms with Crippen molar-refractivity contribution in [1.82, 2.24) is 0 Å². The van der Waals surface area contributed by atoms with Crippen molar-refractivity contribution in [3.05, 3.63) is 59.7 Å². The fraction of sp³-hybridized carbons (Fsp3) is 0.278. The van der Waals surface area contributed by atoms with Crippen molar-refractivity contribution < 1.29 is 13.2 Å². The number of rotatable bonds is 5. The number of sulfone groups is 1. The van der Waals surface area contributed by atoms with Crippen molar-refractivity contribution in [1.29, 1.82) is 0 Å². The van der Waals surface area contributed by atoms with Gasteiger partial charge in [-0.2, -0.15) is 0 Å². The largest absolute Gasteiger partial charge is 0.325 e. The molecule has 0 aromatic heterocycles. The van der Waals surface area contributed by atoms with Crippen LogP contribution in [0.4, 0.5) is 5.69 Å². The number of anilines is 1. The predicted octanol–water partition coefficient (Wildman–Crippen LogP) is 3.53. The van der Waals surface area contributed by atoms with Gasteiger partial charge in [0.05, 0.1) is 4.90 Å². The molecule has 23 heavy (non-hydrogen) atoms. The molecule has 4 nitrogen and oxygen atoms in total. The van der Waals surface area contributed by atoms with Crippen molar-refractivity contribution in [2.24, 2.45) is 0 Å². The molecule has 2 aromatic rings. The summed E-state index contributed by atoms with van der Waals surface area (Å²) >= 11 is 0. The van der Waals surface area contributed by atoms with Crippen LogP contribution in [0.5, 0.6) is 0 Å². The maximum atomic E-state index is 12.3. The topological polar surface area (TPSA) is 63.2 Å². The number of carbonyl (C=O) groups is 1. The van der Waals surface area contributed by atoms with Gasteiger partial charge in [-0.05, 0) is 42.7 Å². The third-order valence-electron chi connectivity index (χ3n) is 3.54. The maximum Gasteiger partial charge on any atom is 0.239 e. The van der Waals surface area contributed by atoms with Crippen LogP contribution >= 0.6 is 0 Å². The van der Waals surface area contributed by atoms with Crippen LogP contribution in [0.3, 0.4) is 0 Å². The van der Waals surface area contributed by atoms with Crippen molar-refractivity contribution in [3.8, 4) is 0 Å². The minimum Gasteiger partial charge on any atom is -0.325 e. The zero-order valence-corrected chi connectivity index (χ0v) is 14.4. The molecular formula is C18H21NO3S. The first-order chi connectivity index (χ1) is 10.8. The molecule has 0 aliphatic carbocycles. The van der Waals surface area contributed by atoms with E-state index >= 15 is 0 Å². The zero-order chi connectivity index (χ0) is 17.0. The highest BCUT2D eigenvalue weighted by Gasteiger charge is 2.19. The van der Waals surface area contributed by atoms with Gasteiger partial charge in [0.2, 0.25) is 5.91 Å². The average molecular weight is 331 g/mol. The van der Waals surface area contributed by atoms with Crippen molar-refractivity contribution in [2.45, 2.75) is 31.6 Å². The Kier molecular flexibility index (Phi) is 5.21. The maximum absolute atomic E-state index is 12.3. The second kappa shape index (κ2) is 6.96. The fourth-order valence-corrected chi connectivity index (χ4v) is 3.31. The molecule has 5 heteroatoms. The number of aryl methyl sites for hydroxylation is 1. The molecule has 0 atom stereocenters. The van der Waals surface area contributed by atoms with Gasteiger partial charge in [-0.1, -0.05) is 43.7 Å². The summed E-state index contributed by atoms with van der Waals surface area (Å²) in [6, 6.07) is 13.9. The van der Waals surface area contributed by atoms with Gasteiger partial charge in [-0.15, -0.1) is 0 Å². The molecule has 0 saturated carbocycles. The van der Waals surface area contributed by atoms with Crippen LogP contribution in [0.15, 0.2) is 53.4 Å². The van der Waals surface area contributed by atoms with Crippen LogP contribution in [0.2, 0.25) is 0 Å². The Morgan fingerprint density at radius 1 is 1.09 bits per heavy atom. The van der Waals surface area contributed by atoms with Crippen molar-refractivity contribution in [3.63, 3.8) is 0 Å². The number of hydrogen-bond acceptors (Lipinski definition) is 3. The Balaban J connectivity index is 2.10. The molecule has 0 radical (unpaired) electrons. The van der Waals surface area contributed by atoms with E-state index in [0.717, 1.165) is 11.1 Å². The zero-order valence-electron chi connectivity index (χ0n) is 13.5. The summed E-state index contributed by atoms with van der Waals surface area (Å²) in [5.74, 6) is -0.767. The van der Waals surface area contributed by atoms with E-state index < -0.39 is 21.5 Å². The summed E-state index contributed by atoms with van der Waals surface area (Å²) in [5, 5.41) is 2.66. The van der Waals surface area contributed by atoms with Gasteiger partial charge >= 0.3 is 0 Å². The van der Waals surface area contributed by atoms with E-state index in [1.165, 1.54) is 12.1 Å². The normalized spacial score (nSPS) is 11.5. The third-order valence-corrected chi connectivity index (χ3v) is 5.17. The summed E-state index contributed by atoms with van der Waals surface area (Å²) in [6.45, 7) is 6.00. The average Bonchev–Trinajstić information content (AvgIpc) is 2.47. The number of benzene rings is 2. The van der Waals surface area contributed by atoms with Crippen LogP contribution in [0, 0.1) is 6.92 Å². The van der Waals surface area contributed by atoms with Crippen LogP contribution in [0.1, 0.15) is 30.9 Å². The predicted molar refractivity (Wildman–Crippen MR) is 92.4 cm³/mol. The standard InChI is InChI=1S/C18H21NO3S/c1-13(2)15-5-4-6-16(11-15)19-18(20)12-23(21,22)17-9-7-14(3)8-10-17/h4-11,13H,12H2,1-3H3,(H,19,20). The van der Waals surface area contributed by atoms with E-state index in [4.69, 9.17) is 0 Å². The van der Waals surface area contributed by atoms with Gasteiger partial charge in [0.25, 0.3) is 0 Å². The lowest BCUT2D eigenvalue weighted by atomic mass is 10.0. The van der Waals surface area contributed by atoms with E-state index in [1.807, 2.05) is 25.1 Å². The lowest BCUT2D eigenvalue weighted by Crippen LogP contribution is -2.23. The number of amides is 1. The molecule has 122 valence electrons. The first-order valence-electron chi connectivity index (χ1n) is 7.47. The second-order valence-electron chi connectivity index (χ2n) is 5.90. The third kappa shape index (κ3) is 4.66. The van der Waals surface area contributed by atoms with Crippen LogP contribution in [0.25, 0.3) is 0 Å². The van der Waals surface area contributed by atoms with Gasteiger partial charge in [0.15, 0.2) is 9.84 Å². The fourth-order valence-electron chi connectivity index (χ4n) is 2.17. The molecule has 0 aliphatic rings. The first-order valence-corrected chi connectivity index (χ1v) is 9.12. The van der Waals surface area contributed by atoms with Crippen LogP contribution < -0.4 is 5.32 Å². The van der Waals surface area contributed by atoms with Gasteiger partial charge < -0.3 is 5.32 Å². The summed E-state index contributed by atoms with van der Waals surface area (Å²) in [4.78, 5) is 12.2. The van der Waals surface area contributed by atoms with E-state index in [9.17, 15) is 13.2 Å². The van der Waals surface area contributed by atoms with E-state index in [0.29, 0.717) is 11.6 Å². The van der Waals surface area contributed by atoms with Gasteiger partial charge in [0.1, 0.15) is 5.75 Å². The minimum absolute atomic E-state index is 0.161. The minimum atomic E-state index is -3.63. The molecule has 0 unspecified atom stereocenters. The van der Waals surface area contributed by atoms with Gasteiger partial charge in [0, 0.05) is 5.69 Å². The Bertz CT molecular complexity index is 793. The summed E-state index contributed by atoms with van der Waals surface area (Å²) in [5.41, 5.74) is 2.67. The van der Waals surface area contributed by atoms with Gasteiger partial charge in [-0.3, -0.25) is 4.79 Å². The molecule has 0 aliphatic heterocycles. The van der Waals surface area contributed by atoms with E-state index in [1.54, 1.807) is 18.2 Å². The lowest BCUT2D eigenvalue weighted by molar-refractivity contribution is -0.113. The molecule has 2 rings (SSSR count). The molecule has 1 N–H and O–H groups in total. The highest BCUT2D eigenvalue weighted by Crippen LogP contribution is 2.19. The molecule has 0 heterocycles. The highest BCUT2D eigenvalue weighted by molar-refractivity contribution is 7.92. The number of carbonyl (C=O) groups excluding carboxylic acids is 1. The molecule has 0 spiro atoms. The highest BCUT2D eigenvalue weighted by atomic mass is 32.2. The van der Waals surface area contributed by atoms with Gasteiger partial charge in [-0.25, -0.2) is 8.42 Å². The molecule has 0 bridgehead atoms. The molecule has 0 saturated heterocycles. The monoisotopic (exact) mass is 331 g/mol. The van der Waals surface area contributed by atoms with Crippen molar-refractivity contribution in [2.75, 3.05) is 11.1 Å². The molecular weight excluding hydrogens is 310 g/mol. The Morgan fingerprint density at radius 2 is 1.74 bits per heavy atom. The lowest BCUT2D eigenvalue weighted by Gasteiger charge is -2.10. The SMILES string of the molecule is Cc1ccc(S(=O)(=O)CC(=O)Nc2cccc(C(C)C)c2)cc1. The Morgan fingerprint density at radius 3 is 2.35 bits per heavy atom. The Labute approximate surface area is 137 Å². The summed E-state index contributed by atoms with van der Waals surface area (Å²) < 4.78 is 24.5. The van der Waals surface area contributed by atoms with E-state index in [-0.39, 0.29) is 4.90 Å². The number of nitrogens with one attached hydrogen (secondary N) is 1. The summed E-state index contributed by atoms with van der Waals surface area (Å²) in [7, 11) is -3.63. The quantitative estimate of drug-likeness (QED) is 0.911. The molecule has 0 fully saturated rings. The smallest absolute Gasteiger partial charge is 0.239 e. The Hall–Kier alpha value is -2.14.